The molecule has 0 spiro atoms. The molecule has 1 nitrogen and oxygen atoms in total. The van der Waals surface area contributed by atoms with Gasteiger partial charge in [0.05, 0.1) is 0 Å². The third kappa shape index (κ3) is 0.671. The summed E-state index contributed by atoms with van der Waals surface area (Å²) in [4.78, 5) is 0. The molecular formula is C9H14O. The normalized spacial score (nSPS) is 50.6. The molecule has 0 aromatic carbocycles. The monoisotopic (exact) mass is 138 g/mol. The van der Waals surface area contributed by atoms with Crippen molar-refractivity contribution in [2.24, 2.45) is 23.7 Å². The van der Waals surface area contributed by atoms with Crippen LogP contribution < -0.4 is 0 Å². The third-order valence-corrected chi connectivity index (χ3v) is 3.26. The van der Waals surface area contributed by atoms with Crippen LogP contribution >= 0.6 is 0 Å². The van der Waals surface area contributed by atoms with E-state index in [9.17, 15) is 0 Å². The first-order valence-corrected chi connectivity index (χ1v) is 4.12. The first-order valence-electron chi connectivity index (χ1n) is 4.12. The van der Waals surface area contributed by atoms with E-state index in [1.54, 1.807) is 0 Å². The summed E-state index contributed by atoms with van der Waals surface area (Å²) in [5.74, 6) is 2.77. The summed E-state index contributed by atoms with van der Waals surface area (Å²) >= 11 is 0. The molecule has 0 aromatic rings. The zero-order valence-electron chi connectivity index (χ0n) is 6.33. The molecule has 1 fully saturated rings. The minimum Gasteiger partial charge on any atom is -0.396 e. The molecular weight excluding hydrogens is 124 g/mol. The summed E-state index contributed by atoms with van der Waals surface area (Å²) in [5, 5.41) is 9.02. The fourth-order valence-corrected chi connectivity index (χ4v) is 2.47. The van der Waals surface area contributed by atoms with Crippen LogP contribution in [-0.4, -0.2) is 11.7 Å². The largest absolute Gasteiger partial charge is 0.396 e. The summed E-state index contributed by atoms with van der Waals surface area (Å²) in [7, 11) is 0. The maximum atomic E-state index is 9.02. The zero-order chi connectivity index (χ0) is 7.14. The van der Waals surface area contributed by atoms with Crippen LogP contribution in [0.15, 0.2) is 12.2 Å². The Balaban J connectivity index is 2.18. The molecule has 0 heterocycles. The quantitative estimate of drug-likeness (QED) is 0.543. The van der Waals surface area contributed by atoms with Gasteiger partial charge in [0.2, 0.25) is 0 Å². The van der Waals surface area contributed by atoms with Crippen molar-refractivity contribution in [2.45, 2.75) is 13.3 Å². The maximum absolute atomic E-state index is 9.02. The molecule has 0 aliphatic heterocycles. The van der Waals surface area contributed by atoms with Crippen LogP contribution in [0.2, 0.25) is 0 Å². The van der Waals surface area contributed by atoms with Crippen LogP contribution in [0.5, 0.6) is 0 Å². The summed E-state index contributed by atoms with van der Waals surface area (Å²) in [6.07, 6.45) is 5.90. The second-order valence-corrected chi connectivity index (χ2v) is 3.65. The highest BCUT2D eigenvalue weighted by Gasteiger charge is 2.40. The van der Waals surface area contributed by atoms with Gasteiger partial charge in [0.25, 0.3) is 0 Å². The van der Waals surface area contributed by atoms with Crippen LogP contribution in [0.3, 0.4) is 0 Å². The van der Waals surface area contributed by atoms with E-state index in [2.05, 4.69) is 19.1 Å². The van der Waals surface area contributed by atoms with Gasteiger partial charge in [0.15, 0.2) is 0 Å². The zero-order valence-corrected chi connectivity index (χ0v) is 6.33. The molecule has 2 aliphatic rings. The second kappa shape index (κ2) is 2.09. The Kier molecular flexibility index (Phi) is 1.34. The van der Waals surface area contributed by atoms with E-state index in [4.69, 9.17) is 5.11 Å². The van der Waals surface area contributed by atoms with Gasteiger partial charge in [0, 0.05) is 6.61 Å². The lowest BCUT2D eigenvalue weighted by molar-refractivity contribution is 0.172. The van der Waals surface area contributed by atoms with Gasteiger partial charge in [-0.3, -0.25) is 0 Å². The Morgan fingerprint density at radius 2 is 2.10 bits per heavy atom. The van der Waals surface area contributed by atoms with Crippen LogP contribution in [0.1, 0.15) is 13.3 Å². The fraction of sp³-hybridized carbons (Fsp3) is 0.778. The minimum atomic E-state index is 0.382. The molecule has 2 bridgehead atoms. The highest BCUT2D eigenvalue weighted by atomic mass is 16.3. The lowest BCUT2D eigenvalue weighted by Crippen LogP contribution is -2.19. The van der Waals surface area contributed by atoms with Crippen molar-refractivity contribution in [1.29, 1.82) is 0 Å². The van der Waals surface area contributed by atoms with Crippen molar-refractivity contribution in [3.63, 3.8) is 0 Å². The number of fused-ring (bicyclic) bond motifs is 2. The molecule has 4 atom stereocenters. The van der Waals surface area contributed by atoms with E-state index in [-0.39, 0.29) is 0 Å². The van der Waals surface area contributed by atoms with Gasteiger partial charge in [-0.15, -0.1) is 0 Å². The molecule has 1 N–H and O–H groups in total. The Bertz CT molecular complexity index is 162. The standard InChI is InChI=1S/C9H14O/c1-6-7-2-3-8(4-7)9(6)5-10/h2-3,6-10H,4-5H2,1H3/t6-,7+,8+,9-/m0/s1. The number of aliphatic hydroxyl groups is 1. The Labute approximate surface area is 61.8 Å². The lowest BCUT2D eigenvalue weighted by Gasteiger charge is -2.21. The summed E-state index contributed by atoms with van der Waals surface area (Å²) < 4.78 is 0. The highest BCUT2D eigenvalue weighted by Crippen LogP contribution is 2.47. The van der Waals surface area contributed by atoms with Gasteiger partial charge in [-0.05, 0) is 30.1 Å². The van der Waals surface area contributed by atoms with Crippen molar-refractivity contribution in [1.82, 2.24) is 0 Å². The topological polar surface area (TPSA) is 20.2 Å². The number of allylic oxidation sites excluding steroid dienone is 2. The molecule has 2 rings (SSSR count). The second-order valence-electron chi connectivity index (χ2n) is 3.65. The first-order chi connectivity index (χ1) is 4.83. The van der Waals surface area contributed by atoms with Crippen molar-refractivity contribution in [3.8, 4) is 0 Å². The van der Waals surface area contributed by atoms with Gasteiger partial charge in [0.1, 0.15) is 0 Å². The van der Waals surface area contributed by atoms with E-state index in [0.29, 0.717) is 18.4 Å². The van der Waals surface area contributed by atoms with Crippen molar-refractivity contribution in [3.05, 3.63) is 12.2 Å². The average molecular weight is 138 g/mol. The van der Waals surface area contributed by atoms with Crippen LogP contribution in [0, 0.1) is 23.7 Å². The first kappa shape index (κ1) is 6.41. The summed E-state index contributed by atoms with van der Waals surface area (Å²) in [6, 6.07) is 0. The van der Waals surface area contributed by atoms with Gasteiger partial charge in [-0.1, -0.05) is 19.1 Å². The number of hydrogen-bond donors (Lipinski definition) is 1. The molecule has 2 aliphatic carbocycles. The van der Waals surface area contributed by atoms with Gasteiger partial charge < -0.3 is 5.11 Å². The number of rotatable bonds is 1. The summed E-state index contributed by atoms with van der Waals surface area (Å²) in [6.45, 7) is 2.64. The molecule has 1 heteroatoms. The van der Waals surface area contributed by atoms with Gasteiger partial charge in [-0.25, -0.2) is 0 Å². The molecule has 1 saturated carbocycles. The number of hydrogen-bond acceptors (Lipinski definition) is 1. The van der Waals surface area contributed by atoms with Gasteiger partial charge >= 0.3 is 0 Å². The van der Waals surface area contributed by atoms with Crippen LogP contribution in [0.4, 0.5) is 0 Å². The molecule has 0 amide bonds. The molecule has 0 radical (unpaired) electrons. The van der Waals surface area contributed by atoms with Gasteiger partial charge in [-0.2, -0.15) is 0 Å². The Hall–Kier alpha value is -0.300. The third-order valence-electron chi connectivity index (χ3n) is 3.26. The number of aliphatic hydroxyl groups excluding tert-OH is 1. The van der Waals surface area contributed by atoms with Crippen molar-refractivity contribution < 1.29 is 5.11 Å². The molecule has 0 unspecified atom stereocenters. The van der Waals surface area contributed by atoms with Crippen molar-refractivity contribution >= 4 is 0 Å². The predicted octanol–water partition coefficient (Wildman–Crippen LogP) is 1.44. The van der Waals surface area contributed by atoms with E-state index < -0.39 is 0 Å². The molecule has 0 aromatic heterocycles. The van der Waals surface area contributed by atoms with Crippen LogP contribution in [-0.2, 0) is 0 Å². The Morgan fingerprint density at radius 3 is 2.50 bits per heavy atom. The predicted molar refractivity (Wildman–Crippen MR) is 40.5 cm³/mol. The van der Waals surface area contributed by atoms with E-state index in [1.807, 2.05) is 0 Å². The average Bonchev–Trinajstić information content (AvgIpc) is 2.46. The molecule has 0 saturated heterocycles. The summed E-state index contributed by atoms with van der Waals surface area (Å²) in [5.41, 5.74) is 0. The van der Waals surface area contributed by atoms with E-state index in [0.717, 1.165) is 11.8 Å². The highest BCUT2D eigenvalue weighted by molar-refractivity contribution is 5.12. The Morgan fingerprint density at radius 1 is 1.40 bits per heavy atom. The minimum absolute atomic E-state index is 0.382. The van der Waals surface area contributed by atoms with E-state index in [1.165, 1.54) is 6.42 Å². The fourth-order valence-electron chi connectivity index (χ4n) is 2.47. The SMILES string of the molecule is C[C@@H]1[C@H](CO)[C@@H]2C=C[C@@H]1C2. The van der Waals surface area contributed by atoms with Crippen molar-refractivity contribution in [2.75, 3.05) is 6.61 Å². The molecule has 56 valence electrons. The smallest absolute Gasteiger partial charge is 0.0467 e. The maximum Gasteiger partial charge on any atom is 0.0467 e. The lowest BCUT2D eigenvalue weighted by atomic mass is 9.85. The van der Waals surface area contributed by atoms with E-state index >= 15 is 0 Å². The van der Waals surface area contributed by atoms with Crippen LogP contribution in [0.25, 0.3) is 0 Å². The molecule has 10 heavy (non-hydrogen) atoms.